The SMILES string of the molecule is c1ccc(-c2ccc(N(c3ccc(-c4ccc5c(c4)c(-c4ccccc4)c(-c4ccccc4)c4ccccc45)cc3)c3ccc4sc5ccccc5c4c3)c(-c3ccccc3)c2)cc1. The largest absolute Gasteiger partial charge is 0.310 e. The molecule has 12 aromatic rings. The average Bonchev–Trinajstić information content (AvgIpc) is 3.75. The monoisotopic (exact) mass is 831 g/mol. The summed E-state index contributed by atoms with van der Waals surface area (Å²) in [6, 6.07) is 91.0. The van der Waals surface area contributed by atoms with E-state index in [4.69, 9.17) is 0 Å². The molecule has 300 valence electrons. The van der Waals surface area contributed by atoms with Crippen LogP contribution in [0.5, 0.6) is 0 Å². The van der Waals surface area contributed by atoms with Crippen LogP contribution in [0.15, 0.2) is 249 Å². The van der Waals surface area contributed by atoms with Crippen LogP contribution >= 0.6 is 11.3 Å². The second-order valence-electron chi connectivity index (χ2n) is 16.4. The van der Waals surface area contributed by atoms with Crippen LogP contribution in [-0.2, 0) is 0 Å². The Bertz CT molecular complexity index is 3630. The molecular formula is C62H41NS. The minimum atomic E-state index is 1.09. The number of hydrogen-bond donors (Lipinski definition) is 0. The summed E-state index contributed by atoms with van der Waals surface area (Å²) >= 11 is 1.85. The van der Waals surface area contributed by atoms with E-state index in [0.717, 1.165) is 17.1 Å². The normalized spacial score (nSPS) is 11.4. The van der Waals surface area contributed by atoms with Gasteiger partial charge in [-0.3, -0.25) is 0 Å². The Hall–Kier alpha value is -8.04. The molecule has 0 saturated carbocycles. The van der Waals surface area contributed by atoms with Crippen molar-refractivity contribution in [3.63, 3.8) is 0 Å². The second-order valence-corrected chi connectivity index (χ2v) is 17.5. The lowest BCUT2D eigenvalue weighted by Gasteiger charge is -2.29. The number of rotatable bonds is 8. The van der Waals surface area contributed by atoms with Crippen LogP contribution in [0.2, 0.25) is 0 Å². The van der Waals surface area contributed by atoms with E-state index in [1.807, 2.05) is 11.3 Å². The van der Waals surface area contributed by atoms with Gasteiger partial charge in [-0.2, -0.15) is 0 Å². The van der Waals surface area contributed by atoms with Crippen molar-refractivity contribution >= 4 is 70.1 Å². The van der Waals surface area contributed by atoms with E-state index in [9.17, 15) is 0 Å². The topological polar surface area (TPSA) is 3.24 Å². The molecule has 0 spiro atoms. The van der Waals surface area contributed by atoms with Gasteiger partial charge in [-0.1, -0.05) is 194 Å². The van der Waals surface area contributed by atoms with Gasteiger partial charge >= 0.3 is 0 Å². The first-order valence-corrected chi connectivity index (χ1v) is 22.7. The van der Waals surface area contributed by atoms with Crippen LogP contribution < -0.4 is 4.90 Å². The van der Waals surface area contributed by atoms with E-state index >= 15 is 0 Å². The Morgan fingerprint density at radius 2 is 0.719 bits per heavy atom. The van der Waals surface area contributed by atoms with Crippen molar-refractivity contribution in [3.8, 4) is 55.6 Å². The van der Waals surface area contributed by atoms with Crippen LogP contribution in [0.1, 0.15) is 0 Å². The summed E-state index contributed by atoms with van der Waals surface area (Å²) in [5, 5.41) is 7.58. The van der Waals surface area contributed by atoms with Gasteiger partial charge in [-0.15, -0.1) is 11.3 Å². The Balaban J connectivity index is 1.05. The summed E-state index contributed by atoms with van der Waals surface area (Å²) in [6.07, 6.45) is 0. The Kier molecular flexibility index (Phi) is 9.43. The zero-order valence-electron chi connectivity index (χ0n) is 35.0. The van der Waals surface area contributed by atoms with E-state index in [0.29, 0.717) is 0 Å². The maximum atomic E-state index is 2.44. The lowest BCUT2D eigenvalue weighted by atomic mass is 9.84. The molecule has 64 heavy (non-hydrogen) atoms. The van der Waals surface area contributed by atoms with Crippen molar-refractivity contribution in [2.45, 2.75) is 0 Å². The van der Waals surface area contributed by atoms with Gasteiger partial charge in [0.05, 0.1) is 5.69 Å². The van der Waals surface area contributed by atoms with Gasteiger partial charge in [0.2, 0.25) is 0 Å². The molecule has 2 heteroatoms. The second kappa shape index (κ2) is 16.0. The highest BCUT2D eigenvalue weighted by Crippen LogP contribution is 2.48. The quantitative estimate of drug-likeness (QED) is 0.138. The molecule has 0 bridgehead atoms. The van der Waals surface area contributed by atoms with Gasteiger partial charge < -0.3 is 4.90 Å². The van der Waals surface area contributed by atoms with Gasteiger partial charge in [-0.05, 0) is 126 Å². The third kappa shape index (κ3) is 6.64. The van der Waals surface area contributed by atoms with E-state index in [1.165, 1.54) is 97.4 Å². The van der Waals surface area contributed by atoms with Gasteiger partial charge in [0.25, 0.3) is 0 Å². The van der Waals surface area contributed by atoms with Crippen LogP contribution in [-0.4, -0.2) is 0 Å². The van der Waals surface area contributed by atoms with Crippen LogP contribution in [0, 0.1) is 0 Å². The molecule has 0 saturated heterocycles. The van der Waals surface area contributed by atoms with Gasteiger partial charge in [0, 0.05) is 37.1 Å². The third-order valence-corrected chi connectivity index (χ3v) is 13.8. The molecule has 1 aromatic heterocycles. The first-order chi connectivity index (χ1) is 31.7. The summed E-state index contributed by atoms with van der Waals surface area (Å²) in [6.45, 7) is 0. The Morgan fingerprint density at radius 3 is 1.41 bits per heavy atom. The minimum Gasteiger partial charge on any atom is -0.310 e. The smallest absolute Gasteiger partial charge is 0.0540 e. The fraction of sp³-hybridized carbons (Fsp3) is 0. The van der Waals surface area contributed by atoms with Crippen LogP contribution in [0.3, 0.4) is 0 Å². The van der Waals surface area contributed by atoms with Crippen molar-refractivity contribution in [2.75, 3.05) is 4.90 Å². The highest BCUT2D eigenvalue weighted by Gasteiger charge is 2.21. The first kappa shape index (κ1) is 37.7. The van der Waals surface area contributed by atoms with Crippen molar-refractivity contribution in [1.82, 2.24) is 0 Å². The number of hydrogen-bond acceptors (Lipinski definition) is 2. The van der Waals surface area contributed by atoms with Crippen molar-refractivity contribution in [1.29, 1.82) is 0 Å². The molecule has 0 amide bonds. The molecule has 0 aliphatic carbocycles. The van der Waals surface area contributed by atoms with E-state index in [1.54, 1.807) is 0 Å². The number of thiophene rings is 1. The number of nitrogens with zero attached hydrogens (tertiary/aromatic N) is 1. The molecule has 0 radical (unpaired) electrons. The van der Waals surface area contributed by atoms with Crippen molar-refractivity contribution < 1.29 is 0 Å². The molecular weight excluding hydrogens is 791 g/mol. The molecule has 0 fully saturated rings. The van der Waals surface area contributed by atoms with Crippen LogP contribution in [0.25, 0.3) is 97.4 Å². The molecule has 0 aliphatic heterocycles. The van der Waals surface area contributed by atoms with Gasteiger partial charge in [0.15, 0.2) is 0 Å². The standard InChI is InChI=1S/C62H41NS/c1-5-17-42(18-6-1)48-32-37-58(55(39-48)44-19-7-2-8-20-44)63(50-35-38-60-56(41-50)53-26-15-16-28-59(53)64-60)49-33-29-43(30-34-49)47-31-36-52-51-25-13-14-27-54(51)61(45-21-9-3-10-22-45)62(57(52)40-47)46-23-11-4-12-24-46/h1-41H. The summed E-state index contributed by atoms with van der Waals surface area (Å²) < 4.78 is 2.59. The van der Waals surface area contributed by atoms with Crippen molar-refractivity contribution in [3.05, 3.63) is 249 Å². The highest BCUT2D eigenvalue weighted by molar-refractivity contribution is 7.25. The predicted molar refractivity (Wildman–Crippen MR) is 276 cm³/mol. The fourth-order valence-corrected chi connectivity index (χ4v) is 10.7. The molecule has 11 aromatic carbocycles. The number of fused-ring (bicyclic) bond motifs is 6. The average molecular weight is 832 g/mol. The number of anilines is 3. The Labute approximate surface area is 377 Å². The lowest BCUT2D eigenvalue weighted by Crippen LogP contribution is -2.11. The molecule has 12 rings (SSSR count). The molecule has 0 unspecified atom stereocenters. The maximum Gasteiger partial charge on any atom is 0.0540 e. The van der Waals surface area contributed by atoms with E-state index in [-0.39, 0.29) is 0 Å². The maximum absolute atomic E-state index is 2.44. The molecule has 1 heterocycles. The zero-order chi connectivity index (χ0) is 42.4. The summed E-state index contributed by atoms with van der Waals surface area (Å²) in [7, 11) is 0. The molecule has 0 atom stereocenters. The third-order valence-electron chi connectivity index (χ3n) is 12.7. The highest BCUT2D eigenvalue weighted by atomic mass is 32.1. The van der Waals surface area contributed by atoms with Gasteiger partial charge in [0.1, 0.15) is 0 Å². The van der Waals surface area contributed by atoms with Gasteiger partial charge in [-0.25, -0.2) is 0 Å². The van der Waals surface area contributed by atoms with E-state index in [2.05, 4.69) is 254 Å². The zero-order valence-corrected chi connectivity index (χ0v) is 35.8. The van der Waals surface area contributed by atoms with E-state index < -0.39 is 0 Å². The number of benzene rings is 11. The minimum absolute atomic E-state index is 1.09. The lowest BCUT2D eigenvalue weighted by molar-refractivity contribution is 1.29. The summed E-state index contributed by atoms with van der Waals surface area (Å²) in [4.78, 5) is 2.44. The first-order valence-electron chi connectivity index (χ1n) is 21.9. The Morgan fingerprint density at radius 1 is 0.250 bits per heavy atom. The summed E-state index contributed by atoms with van der Waals surface area (Å²) in [5.41, 5.74) is 15.4. The molecule has 1 nitrogen and oxygen atoms in total. The van der Waals surface area contributed by atoms with Crippen LogP contribution in [0.4, 0.5) is 17.1 Å². The summed E-state index contributed by atoms with van der Waals surface area (Å²) in [5.74, 6) is 0. The van der Waals surface area contributed by atoms with Crippen molar-refractivity contribution in [2.24, 2.45) is 0 Å². The predicted octanol–water partition coefficient (Wildman–Crippen LogP) is 18.2. The molecule has 0 N–H and O–H groups in total. The molecule has 0 aliphatic rings. The fourth-order valence-electron chi connectivity index (χ4n) is 9.65.